The van der Waals surface area contributed by atoms with Crippen LogP contribution in [0, 0.1) is 11.8 Å². The number of benzene rings is 1. The lowest BCUT2D eigenvalue weighted by molar-refractivity contribution is 0.288. The van der Waals surface area contributed by atoms with E-state index in [9.17, 15) is 0 Å². The molecule has 1 aromatic carbocycles. The third-order valence-electron chi connectivity index (χ3n) is 7.91. The van der Waals surface area contributed by atoms with Gasteiger partial charge in [0.05, 0.1) is 5.69 Å². The average Bonchev–Trinajstić information content (AvgIpc) is 2.92. The standard InChI is InChI=1S/C34H51NO/c1-3-5-7-8-9-10-12-15-31-21-26-34(35-28-31)32-22-24-33(25-23-32)36-27-13-16-30-19-17-29(18-20-30)14-11-6-4-2/h13,16,21-26,28-30H,3-12,14-15,17-20,27H2,1-2H3/b16-13+/t29-,30-. The largest absolute Gasteiger partial charge is 0.490 e. The third-order valence-corrected chi connectivity index (χ3v) is 7.91. The van der Waals surface area contributed by atoms with Crippen LogP contribution >= 0.6 is 0 Å². The number of aryl methyl sites for hydroxylation is 1. The minimum absolute atomic E-state index is 0.654. The molecule has 0 radical (unpaired) electrons. The number of aromatic nitrogens is 1. The highest BCUT2D eigenvalue weighted by Gasteiger charge is 2.18. The molecule has 0 saturated heterocycles. The zero-order chi connectivity index (χ0) is 25.3. The number of nitrogens with zero attached hydrogens (tertiary/aromatic N) is 1. The summed E-state index contributed by atoms with van der Waals surface area (Å²) in [6.45, 7) is 5.23. The highest BCUT2D eigenvalue weighted by atomic mass is 16.5. The molecule has 2 aromatic rings. The van der Waals surface area contributed by atoms with Crippen LogP contribution in [0.1, 0.15) is 116 Å². The Hall–Kier alpha value is -2.09. The minimum Gasteiger partial charge on any atom is -0.490 e. The Labute approximate surface area is 222 Å². The second kappa shape index (κ2) is 17.4. The lowest BCUT2D eigenvalue weighted by atomic mass is 9.79. The van der Waals surface area contributed by atoms with Gasteiger partial charge >= 0.3 is 0 Å². The summed E-state index contributed by atoms with van der Waals surface area (Å²) in [6.07, 6.45) is 28.4. The van der Waals surface area contributed by atoms with Gasteiger partial charge in [-0.15, -0.1) is 0 Å². The highest BCUT2D eigenvalue weighted by molar-refractivity contribution is 5.60. The van der Waals surface area contributed by atoms with Crippen LogP contribution in [0.5, 0.6) is 5.75 Å². The van der Waals surface area contributed by atoms with Crippen molar-refractivity contribution in [2.24, 2.45) is 11.8 Å². The molecule has 1 aliphatic rings. The normalized spacial score (nSPS) is 18.1. The van der Waals surface area contributed by atoms with Crippen LogP contribution in [0.2, 0.25) is 0 Å². The van der Waals surface area contributed by atoms with E-state index in [0.717, 1.165) is 35.3 Å². The molecule has 0 N–H and O–H groups in total. The van der Waals surface area contributed by atoms with Crippen molar-refractivity contribution in [2.45, 2.75) is 117 Å². The van der Waals surface area contributed by atoms with Crippen molar-refractivity contribution in [3.8, 4) is 17.0 Å². The molecule has 36 heavy (non-hydrogen) atoms. The molecule has 2 heteroatoms. The monoisotopic (exact) mass is 489 g/mol. The molecule has 0 bridgehead atoms. The van der Waals surface area contributed by atoms with Gasteiger partial charge in [0.15, 0.2) is 0 Å². The van der Waals surface area contributed by atoms with E-state index in [4.69, 9.17) is 9.72 Å². The van der Waals surface area contributed by atoms with Gasteiger partial charge < -0.3 is 4.74 Å². The van der Waals surface area contributed by atoms with Crippen molar-refractivity contribution in [2.75, 3.05) is 6.61 Å². The number of ether oxygens (including phenoxy) is 1. The SMILES string of the molecule is CCCCCCCCCc1ccc(-c2ccc(OC/C=C/[C@H]3CC[C@H](CCCCC)CC3)cc2)nc1. The summed E-state index contributed by atoms with van der Waals surface area (Å²) >= 11 is 0. The van der Waals surface area contributed by atoms with Crippen molar-refractivity contribution in [3.05, 3.63) is 60.3 Å². The zero-order valence-corrected chi connectivity index (χ0v) is 23.2. The number of rotatable bonds is 17. The fourth-order valence-electron chi connectivity index (χ4n) is 5.50. The Balaban J connectivity index is 1.32. The molecule has 3 rings (SSSR count). The van der Waals surface area contributed by atoms with Crippen molar-refractivity contribution in [3.63, 3.8) is 0 Å². The van der Waals surface area contributed by atoms with Crippen LogP contribution in [0.15, 0.2) is 54.7 Å². The fraction of sp³-hybridized carbons (Fsp3) is 0.618. The molecular formula is C34H51NO. The molecule has 1 aromatic heterocycles. The van der Waals surface area contributed by atoms with Gasteiger partial charge in [0, 0.05) is 11.8 Å². The maximum absolute atomic E-state index is 5.97. The minimum atomic E-state index is 0.654. The van der Waals surface area contributed by atoms with Crippen LogP contribution in [-0.2, 0) is 6.42 Å². The van der Waals surface area contributed by atoms with Crippen molar-refractivity contribution >= 4 is 0 Å². The average molecular weight is 490 g/mol. The Kier molecular flexibility index (Phi) is 13.8. The van der Waals surface area contributed by atoms with E-state index in [1.165, 1.54) is 102 Å². The number of hydrogen-bond acceptors (Lipinski definition) is 2. The summed E-state index contributed by atoms with van der Waals surface area (Å²) in [5, 5.41) is 0. The first-order chi connectivity index (χ1) is 17.8. The van der Waals surface area contributed by atoms with E-state index in [1.54, 1.807) is 0 Å². The first-order valence-electron chi connectivity index (χ1n) is 15.1. The second-order valence-corrected chi connectivity index (χ2v) is 11.0. The van der Waals surface area contributed by atoms with Gasteiger partial charge in [-0.3, -0.25) is 4.98 Å². The Bertz CT molecular complexity index is 830. The van der Waals surface area contributed by atoms with Gasteiger partial charge in [0.2, 0.25) is 0 Å². The summed E-state index contributed by atoms with van der Waals surface area (Å²) in [5.41, 5.74) is 3.54. The summed E-state index contributed by atoms with van der Waals surface area (Å²) in [4.78, 5) is 4.72. The predicted molar refractivity (Wildman–Crippen MR) is 156 cm³/mol. The summed E-state index contributed by atoms with van der Waals surface area (Å²) in [6, 6.07) is 12.8. The number of unbranched alkanes of at least 4 members (excludes halogenated alkanes) is 8. The molecule has 0 aliphatic heterocycles. The third kappa shape index (κ3) is 10.9. The van der Waals surface area contributed by atoms with E-state index < -0.39 is 0 Å². The lowest BCUT2D eigenvalue weighted by Gasteiger charge is -2.26. The van der Waals surface area contributed by atoms with E-state index in [2.05, 4.69) is 68.6 Å². The Morgan fingerprint density at radius 2 is 1.47 bits per heavy atom. The van der Waals surface area contributed by atoms with Crippen LogP contribution in [0.25, 0.3) is 11.3 Å². The molecule has 1 aliphatic carbocycles. The Morgan fingerprint density at radius 1 is 0.778 bits per heavy atom. The molecule has 1 saturated carbocycles. The maximum Gasteiger partial charge on any atom is 0.119 e. The van der Waals surface area contributed by atoms with Gasteiger partial charge in [-0.1, -0.05) is 96.3 Å². The molecule has 1 heterocycles. The van der Waals surface area contributed by atoms with Crippen LogP contribution in [-0.4, -0.2) is 11.6 Å². The van der Waals surface area contributed by atoms with Gasteiger partial charge in [0.1, 0.15) is 12.4 Å². The summed E-state index contributed by atoms with van der Waals surface area (Å²) in [5.74, 6) is 2.66. The fourth-order valence-corrected chi connectivity index (χ4v) is 5.50. The van der Waals surface area contributed by atoms with Gasteiger partial charge in [-0.05, 0) is 86.3 Å². The Morgan fingerprint density at radius 3 is 2.17 bits per heavy atom. The van der Waals surface area contributed by atoms with E-state index >= 15 is 0 Å². The molecule has 2 nitrogen and oxygen atoms in total. The second-order valence-electron chi connectivity index (χ2n) is 11.0. The molecule has 0 atom stereocenters. The number of pyridine rings is 1. The molecule has 1 fully saturated rings. The predicted octanol–water partition coefficient (Wildman–Crippen LogP) is 10.4. The van der Waals surface area contributed by atoms with Gasteiger partial charge in [-0.2, -0.15) is 0 Å². The van der Waals surface area contributed by atoms with Crippen LogP contribution in [0.3, 0.4) is 0 Å². The topological polar surface area (TPSA) is 22.1 Å². The van der Waals surface area contributed by atoms with E-state index in [0.29, 0.717) is 6.61 Å². The van der Waals surface area contributed by atoms with Crippen LogP contribution in [0.4, 0.5) is 0 Å². The van der Waals surface area contributed by atoms with E-state index in [1.807, 2.05) is 0 Å². The van der Waals surface area contributed by atoms with E-state index in [-0.39, 0.29) is 0 Å². The number of allylic oxidation sites excluding steroid dienone is 1. The molecule has 0 amide bonds. The van der Waals surface area contributed by atoms with Gasteiger partial charge in [-0.25, -0.2) is 0 Å². The van der Waals surface area contributed by atoms with Crippen molar-refractivity contribution in [1.82, 2.24) is 4.98 Å². The summed E-state index contributed by atoms with van der Waals surface area (Å²) < 4.78 is 5.97. The van der Waals surface area contributed by atoms with Gasteiger partial charge in [0.25, 0.3) is 0 Å². The molecule has 0 spiro atoms. The highest BCUT2D eigenvalue weighted by Crippen LogP contribution is 2.32. The first kappa shape index (κ1) is 28.5. The summed E-state index contributed by atoms with van der Waals surface area (Å²) in [7, 11) is 0. The quantitative estimate of drug-likeness (QED) is 0.163. The van der Waals surface area contributed by atoms with Crippen molar-refractivity contribution < 1.29 is 4.74 Å². The molecule has 198 valence electrons. The molecular weight excluding hydrogens is 438 g/mol. The molecule has 0 unspecified atom stereocenters. The van der Waals surface area contributed by atoms with Crippen LogP contribution < -0.4 is 4.74 Å². The lowest BCUT2D eigenvalue weighted by Crippen LogP contribution is -2.13. The maximum atomic E-state index is 5.97. The van der Waals surface area contributed by atoms with Crippen molar-refractivity contribution in [1.29, 1.82) is 0 Å². The number of hydrogen-bond donors (Lipinski definition) is 0. The zero-order valence-electron chi connectivity index (χ0n) is 23.2. The first-order valence-corrected chi connectivity index (χ1v) is 15.1. The smallest absolute Gasteiger partial charge is 0.119 e.